The Hall–Kier alpha value is -3.95. The van der Waals surface area contributed by atoms with Crippen LogP contribution < -0.4 is 5.43 Å². The Balaban J connectivity index is 2.01. The first-order chi connectivity index (χ1) is 15.9. The maximum absolute atomic E-state index is 13.7. The summed E-state index contributed by atoms with van der Waals surface area (Å²) < 4.78 is 4.90. The maximum Gasteiger partial charge on any atom is 0.354 e. The van der Waals surface area contributed by atoms with Crippen LogP contribution in [0.1, 0.15) is 35.3 Å². The fourth-order valence-corrected chi connectivity index (χ4v) is 3.46. The number of nitrogens with one attached hydrogen (secondary N) is 1. The van der Waals surface area contributed by atoms with E-state index in [1.165, 1.54) is 0 Å². The van der Waals surface area contributed by atoms with E-state index in [4.69, 9.17) is 16.3 Å². The van der Waals surface area contributed by atoms with Crippen LogP contribution in [0.25, 0.3) is 0 Å². The molecule has 166 valence electrons. The number of nitrogens with zero attached hydrogens (tertiary/aromatic N) is 2. The Morgan fingerprint density at radius 1 is 1.00 bits per heavy atom. The second-order valence-corrected chi connectivity index (χ2v) is 7.61. The summed E-state index contributed by atoms with van der Waals surface area (Å²) in [5, 5.41) is 14.9. The second kappa shape index (κ2) is 10.6. The standard InChI is InChI=1S/C26H22ClN3O3/c1-3-33-25(32)18(2)29-30-23-15-11-21(12-16-23)26(17-28,20-7-5-4-6-8-20)24(31)19-9-13-22(27)14-10-19/h4-16,30H,3H2,1-2H3/b29-18+. The molecule has 0 aliphatic rings. The van der Waals surface area contributed by atoms with E-state index in [1.54, 1.807) is 86.6 Å². The van der Waals surface area contributed by atoms with Gasteiger partial charge in [0.2, 0.25) is 0 Å². The van der Waals surface area contributed by atoms with E-state index >= 15 is 0 Å². The van der Waals surface area contributed by atoms with Crippen molar-refractivity contribution in [2.45, 2.75) is 19.3 Å². The number of Topliss-reactive ketones (excluding diaryl/α,β-unsaturated/α-hetero) is 1. The smallest absolute Gasteiger partial charge is 0.354 e. The van der Waals surface area contributed by atoms with Crippen molar-refractivity contribution in [3.8, 4) is 6.07 Å². The third-order valence-electron chi connectivity index (χ3n) is 5.06. The number of ether oxygens (including phenoxy) is 1. The molecular formula is C26H22ClN3O3. The van der Waals surface area contributed by atoms with Crippen LogP contribution in [0.5, 0.6) is 0 Å². The number of carbonyl (C=O) groups excluding carboxylic acids is 2. The van der Waals surface area contributed by atoms with Gasteiger partial charge in [-0.2, -0.15) is 10.4 Å². The average molecular weight is 460 g/mol. The molecule has 0 fully saturated rings. The topological polar surface area (TPSA) is 91.5 Å². The molecule has 1 atom stereocenters. The summed E-state index contributed by atoms with van der Waals surface area (Å²) >= 11 is 5.98. The van der Waals surface area contributed by atoms with Gasteiger partial charge in [-0.25, -0.2) is 4.79 Å². The third kappa shape index (κ3) is 5.11. The van der Waals surface area contributed by atoms with Crippen LogP contribution >= 0.6 is 11.6 Å². The summed E-state index contributed by atoms with van der Waals surface area (Å²) in [6.07, 6.45) is 0. The number of ketones is 1. The van der Waals surface area contributed by atoms with Gasteiger partial charge in [-0.1, -0.05) is 54.1 Å². The van der Waals surface area contributed by atoms with Gasteiger partial charge in [-0.15, -0.1) is 0 Å². The van der Waals surface area contributed by atoms with Gasteiger partial charge in [0.15, 0.2) is 11.2 Å². The lowest BCUT2D eigenvalue weighted by molar-refractivity contribution is -0.135. The number of rotatable bonds is 8. The fourth-order valence-electron chi connectivity index (χ4n) is 3.34. The van der Waals surface area contributed by atoms with Gasteiger partial charge in [0.25, 0.3) is 0 Å². The number of hydrogen-bond acceptors (Lipinski definition) is 6. The first-order valence-electron chi connectivity index (χ1n) is 10.3. The summed E-state index contributed by atoms with van der Waals surface area (Å²) in [6.45, 7) is 3.52. The largest absolute Gasteiger partial charge is 0.461 e. The normalized spacial score (nSPS) is 12.8. The molecular weight excluding hydrogens is 438 g/mol. The molecule has 7 heteroatoms. The van der Waals surface area contributed by atoms with Gasteiger partial charge >= 0.3 is 5.97 Å². The molecule has 0 saturated carbocycles. The van der Waals surface area contributed by atoms with E-state index in [9.17, 15) is 14.9 Å². The second-order valence-electron chi connectivity index (χ2n) is 7.17. The Labute approximate surface area is 197 Å². The molecule has 0 heterocycles. The highest BCUT2D eigenvalue weighted by molar-refractivity contribution is 6.35. The Bertz CT molecular complexity index is 1200. The minimum atomic E-state index is -1.56. The Kier molecular flexibility index (Phi) is 7.60. The molecule has 33 heavy (non-hydrogen) atoms. The van der Waals surface area contributed by atoms with Crippen molar-refractivity contribution in [3.63, 3.8) is 0 Å². The number of benzene rings is 3. The highest BCUT2D eigenvalue weighted by Crippen LogP contribution is 2.36. The van der Waals surface area contributed by atoms with E-state index < -0.39 is 11.4 Å². The highest BCUT2D eigenvalue weighted by Gasteiger charge is 2.43. The summed E-state index contributed by atoms with van der Waals surface area (Å²) in [6, 6.07) is 24.5. The minimum Gasteiger partial charge on any atom is -0.461 e. The molecule has 0 aromatic heterocycles. The average Bonchev–Trinajstić information content (AvgIpc) is 2.85. The summed E-state index contributed by atoms with van der Waals surface area (Å²) in [5.41, 5.74) is 3.44. The number of carbonyl (C=O) groups is 2. The fraction of sp³-hybridized carbons (Fsp3) is 0.154. The van der Waals surface area contributed by atoms with E-state index in [0.29, 0.717) is 27.4 Å². The zero-order valence-corrected chi connectivity index (χ0v) is 19.0. The summed E-state index contributed by atoms with van der Waals surface area (Å²) in [5.74, 6) is -0.868. The molecule has 0 spiro atoms. The molecule has 3 rings (SSSR count). The maximum atomic E-state index is 13.7. The van der Waals surface area contributed by atoms with Crippen molar-refractivity contribution < 1.29 is 14.3 Å². The number of hydrogen-bond donors (Lipinski definition) is 1. The van der Waals surface area contributed by atoms with Crippen LogP contribution in [-0.4, -0.2) is 24.1 Å². The number of hydrazone groups is 1. The van der Waals surface area contributed by atoms with E-state index in [1.807, 2.05) is 6.07 Å². The van der Waals surface area contributed by atoms with Crippen LogP contribution in [0.4, 0.5) is 5.69 Å². The van der Waals surface area contributed by atoms with Crippen LogP contribution in [0, 0.1) is 11.3 Å². The van der Waals surface area contributed by atoms with Crippen LogP contribution in [0.15, 0.2) is 84.0 Å². The van der Waals surface area contributed by atoms with Gasteiger partial charge in [0, 0.05) is 10.6 Å². The summed E-state index contributed by atoms with van der Waals surface area (Å²) in [4.78, 5) is 25.4. The number of esters is 1. The van der Waals surface area contributed by atoms with Gasteiger partial charge in [-0.3, -0.25) is 10.2 Å². The van der Waals surface area contributed by atoms with Gasteiger partial charge in [0.1, 0.15) is 5.71 Å². The van der Waals surface area contributed by atoms with Crippen molar-refractivity contribution >= 4 is 34.8 Å². The number of anilines is 1. The molecule has 3 aromatic rings. The molecule has 0 bridgehead atoms. The predicted molar refractivity (Wildman–Crippen MR) is 128 cm³/mol. The quantitative estimate of drug-likeness (QED) is 0.211. The third-order valence-corrected chi connectivity index (χ3v) is 5.31. The molecule has 0 aliphatic heterocycles. The van der Waals surface area contributed by atoms with Gasteiger partial charge in [0.05, 0.1) is 18.4 Å². The van der Waals surface area contributed by atoms with Crippen molar-refractivity contribution in [2.24, 2.45) is 5.10 Å². The van der Waals surface area contributed by atoms with Crippen molar-refractivity contribution in [2.75, 3.05) is 12.0 Å². The Morgan fingerprint density at radius 2 is 1.61 bits per heavy atom. The number of nitriles is 1. The molecule has 6 nitrogen and oxygen atoms in total. The van der Waals surface area contributed by atoms with Crippen molar-refractivity contribution in [1.82, 2.24) is 0 Å². The molecule has 0 aliphatic carbocycles. The van der Waals surface area contributed by atoms with Crippen molar-refractivity contribution in [1.29, 1.82) is 5.26 Å². The van der Waals surface area contributed by atoms with Crippen molar-refractivity contribution in [3.05, 3.63) is 101 Å². The zero-order valence-electron chi connectivity index (χ0n) is 18.2. The van der Waals surface area contributed by atoms with E-state index in [2.05, 4.69) is 16.6 Å². The van der Waals surface area contributed by atoms with Crippen LogP contribution in [0.3, 0.4) is 0 Å². The first kappa shape index (κ1) is 23.7. The molecule has 0 radical (unpaired) electrons. The lowest BCUT2D eigenvalue weighted by Gasteiger charge is -2.27. The van der Waals surface area contributed by atoms with Crippen LogP contribution in [-0.2, 0) is 14.9 Å². The van der Waals surface area contributed by atoms with Gasteiger partial charge < -0.3 is 4.74 Å². The zero-order chi connectivity index (χ0) is 23.8. The molecule has 0 amide bonds. The summed E-state index contributed by atoms with van der Waals surface area (Å²) in [7, 11) is 0. The SMILES string of the molecule is CCOC(=O)/C(C)=N/Nc1ccc(C(C#N)(C(=O)c2ccc(Cl)cc2)c2ccccc2)cc1. The van der Waals surface area contributed by atoms with Crippen LogP contribution in [0.2, 0.25) is 5.02 Å². The lowest BCUT2D eigenvalue weighted by Crippen LogP contribution is -2.36. The first-order valence-corrected chi connectivity index (χ1v) is 10.6. The molecule has 1 N–H and O–H groups in total. The monoisotopic (exact) mass is 459 g/mol. The lowest BCUT2D eigenvalue weighted by atomic mass is 9.70. The highest BCUT2D eigenvalue weighted by atomic mass is 35.5. The van der Waals surface area contributed by atoms with E-state index in [0.717, 1.165) is 0 Å². The minimum absolute atomic E-state index is 0.175. The Morgan fingerprint density at radius 3 is 2.18 bits per heavy atom. The molecule has 0 saturated heterocycles. The predicted octanol–water partition coefficient (Wildman–Crippen LogP) is 5.38. The molecule has 3 aromatic carbocycles. The number of halogens is 1. The van der Waals surface area contributed by atoms with E-state index in [-0.39, 0.29) is 18.1 Å². The van der Waals surface area contributed by atoms with Gasteiger partial charge in [-0.05, 0) is 61.4 Å². The molecule has 1 unspecified atom stereocenters.